The Morgan fingerprint density at radius 1 is 1.14 bits per heavy atom. The molecule has 0 fully saturated rings. The van der Waals surface area contributed by atoms with Gasteiger partial charge in [-0.3, -0.25) is 4.90 Å². The van der Waals surface area contributed by atoms with Crippen LogP contribution in [0.15, 0.2) is 18.2 Å². The number of halogens is 3. The van der Waals surface area contributed by atoms with E-state index in [1.165, 1.54) is 0 Å². The molecule has 1 aromatic rings. The highest BCUT2D eigenvalue weighted by Crippen LogP contribution is 2.27. The van der Waals surface area contributed by atoms with Crippen LogP contribution in [0.1, 0.15) is 0 Å². The standard InChI is InChI=1S/C13H19Cl2NO4.ClH/c14-10-1-2-13(12(15)7-10)20-9-11(19)8-16(3-5-17)4-6-18;/h1-2,7,11,17-19H,3-6,8-9H2;1H. The molecule has 1 unspecified atom stereocenters. The Balaban J connectivity index is 0.00000400. The van der Waals surface area contributed by atoms with Crippen molar-refractivity contribution in [2.45, 2.75) is 6.10 Å². The maximum atomic E-state index is 9.88. The Labute approximate surface area is 140 Å². The van der Waals surface area contributed by atoms with E-state index in [1.807, 2.05) is 0 Å². The Morgan fingerprint density at radius 3 is 2.29 bits per heavy atom. The highest BCUT2D eigenvalue weighted by Gasteiger charge is 2.12. The van der Waals surface area contributed by atoms with Gasteiger partial charge in [0, 0.05) is 24.7 Å². The van der Waals surface area contributed by atoms with Crippen molar-refractivity contribution in [1.29, 1.82) is 0 Å². The second-order valence-corrected chi connectivity index (χ2v) is 5.13. The summed E-state index contributed by atoms with van der Waals surface area (Å²) in [5, 5.41) is 28.5. The Morgan fingerprint density at radius 2 is 1.76 bits per heavy atom. The third kappa shape index (κ3) is 8.07. The number of benzene rings is 1. The van der Waals surface area contributed by atoms with E-state index in [1.54, 1.807) is 23.1 Å². The van der Waals surface area contributed by atoms with Gasteiger partial charge in [0.2, 0.25) is 0 Å². The van der Waals surface area contributed by atoms with E-state index >= 15 is 0 Å². The fourth-order valence-corrected chi connectivity index (χ4v) is 2.17. The minimum absolute atomic E-state index is 0. The number of nitrogens with zero attached hydrogens (tertiary/aromatic N) is 1. The van der Waals surface area contributed by atoms with Gasteiger partial charge in [0.05, 0.1) is 18.2 Å². The van der Waals surface area contributed by atoms with E-state index in [9.17, 15) is 5.11 Å². The normalized spacial score (nSPS) is 12.1. The Bertz CT molecular complexity index is 403. The molecule has 0 saturated carbocycles. The predicted molar refractivity (Wildman–Crippen MR) is 85.8 cm³/mol. The van der Waals surface area contributed by atoms with Crippen LogP contribution in [0.2, 0.25) is 10.0 Å². The second kappa shape index (κ2) is 11.3. The molecule has 5 nitrogen and oxygen atoms in total. The molecular weight excluding hydrogens is 341 g/mol. The average molecular weight is 361 g/mol. The van der Waals surface area contributed by atoms with Gasteiger partial charge in [0.25, 0.3) is 0 Å². The summed E-state index contributed by atoms with van der Waals surface area (Å²) in [5.74, 6) is 0.450. The van der Waals surface area contributed by atoms with Gasteiger partial charge in [-0.2, -0.15) is 0 Å². The van der Waals surface area contributed by atoms with Crippen LogP contribution in [0.3, 0.4) is 0 Å². The molecule has 0 saturated heterocycles. The maximum Gasteiger partial charge on any atom is 0.138 e. The van der Waals surface area contributed by atoms with Crippen molar-refractivity contribution >= 4 is 35.6 Å². The molecule has 0 aliphatic rings. The number of hydrogen-bond donors (Lipinski definition) is 3. The third-order valence-electron chi connectivity index (χ3n) is 2.63. The van der Waals surface area contributed by atoms with Gasteiger partial charge < -0.3 is 20.1 Å². The predicted octanol–water partition coefficient (Wildman–Crippen LogP) is 1.44. The van der Waals surface area contributed by atoms with Crippen molar-refractivity contribution in [3.8, 4) is 5.75 Å². The molecule has 1 rings (SSSR count). The molecule has 0 amide bonds. The highest BCUT2D eigenvalue weighted by atomic mass is 35.5. The van der Waals surface area contributed by atoms with E-state index < -0.39 is 6.10 Å². The van der Waals surface area contributed by atoms with Gasteiger partial charge in [-0.15, -0.1) is 12.4 Å². The smallest absolute Gasteiger partial charge is 0.138 e. The van der Waals surface area contributed by atoms with Crippen LogP contribution >= 0.6 is 35.6 Å². The molecule has 0 bridgehead atoms. The number of ether oxygens (including phenoxy) is 1. The first kappa shape index (κ1) is 20.7. The summed E-state index contributed by atoms with van der Waals surface area (Å²) in [7, 11) is 0. The van der Waals surface area contributed by atoms with Crippen LogP contribution in [0.25, 0.3) is 0 Å². The Hall–Kier alpha value is -0.270. The molecule has 0 aliphatic heterocycles. The molecule has 122 valence electrons. The number of hydrogen-bond acceptors (Lipinski definition) is 5. The molecule has 0 aliphatic carbocycles. The summed E-state index contributed by atoms with van der Waals surface area (Å²) >= 11 is 11.7. The molecule has 0 heterocycles. The van der Waals surface area contributed by atoms with Crippen molar-refractivity contribution in [1.82, 2.24) is 4.90 Å². The molecular formula is C13H20Cl3NO4. The molecule has 0 aromatic heterocycles. The van der Waals surface area contributed by atoms with E-state index in [2.05, 4.69) is 0 Å². The van der Waals surface area contributed by atoms with Crippen molar-refractivity contribution in [3.63, 3.8) is 0 Å². The van der Waals surface area contributed by atoms with Gasteiger partial charge in [-0.1, -0.05) is 23.2 Å². The first-order chi connectivity index (χ1) is 9.56. The van der Waals surface area contributed by atoms with E-state index in [4.69, 9.17) is 38.2 Å². The summed E-state index contributed by atoms with van der Waals surface area (Å²) in [6.45, 7) is 1.08. The van der Waals surface area contributed by atoms with Crippen LogP contribution in [-0.4, -0.2) is 65.8 Å². The summed E-state index contributed by atoms with van der Waals surface area (Å²) in [6.07, 6.45) is -0.750. The number of rotatable bonds is 9. The molecule has 1 aromatic carbocycles. The van der Waals surface area contributed by atoms with Crippen LogP contribution in [-0.2, 0) is 0 Å². The van der Waals surface area contributed by atoms with Gasteiger partial charge in [0.1, 0.15) is 18.5 Å². The van der Waals surface area contributed by atoms with Crippen molar-refractivity contribution < 1.29 is 20.1 Å². The second-order valence-electron chi connectivity index (χ2n) is 4.29. The van der Waals surface area contributed by atoms with Crippen molar-refractivity contribution in [3.05, 3.63) is 28.2 Å². The molecule has 21 heavy (non-hydrogen) atoms. The topological polar surface area (TPSA) is 73.2 Å². The molecule has 3 N–H and O–H groups in total. The summed E-state index contributed by atoms with van der Waals surface area (Å²) in [4.78, 5) is 1.75. The van der Waals surface area contributed by atoms with Gasteiger partial charge in [-0.05, 0) is 18.2 Å². The minimum atomic E-state index is -0.750. The lowest BCUT2D eigenvalue weighted by Gasteiger charge is -2.23. The quantitative estimate of drug-likeness (QED) is 0.621. The molecule has 0 radical (unpaired) electrons. The zero-order valence-electron chi connectivity index (χ0n) is 11.4. The fraction of sp³-hybridized carbons (Fsp3) is 0.538. The SMILES string of the molecule is Cl.OCCN(CCO)CC(O)COc1ccc(Cl)cc1Cl. The van der Waals surface area contributed by atoms with Crippen LogP contribution in [0.5, 0.6) is 5.75 Å². The zero-order chi connectivity index (χ0) is 15.0. The monoisotopic (exact) mass is 359 g/mol. The summed E-state index contributed by atoms with van der Waals surface area (Å²) in [5.41, 5.74) is 0. The molecule has 0 spiro atoms. The first-order valence-electron chi connectivity index (χ1n) is 6.26. The van der Waals surface area contributed by atoms with Crippen molar-refractivity contribution in [2.24, 2.45) is 0 Å². The average Bonchev–Trinajstić information content (AvgIpc) is 2.38. The molecule has 8 heteroatoms. The van der Waals surface area contributed by atoms with Gasteiger partial charge in [0.15, 0.2) is 0 Å². The lowest BCUT2D eigenvalue weighted by molar-refractivity contribution is 0.0552. The van der Waals surface area contributed by atoms with E-state index in [-0.39, 0.29) is 32.2 Å². The van der Waals surface area contributed by atoms with Gasteiger partial charge in [-0.25, -0.2) is 0 Å². The maximum absolute atomic E-state index is 9.88. The largest absolute Gasteiger partial charge is 0.489 e. The Kier molecular flexibility index (Phi) is 11.2. The van der Waals surface area contributed by atoms with Crippen molar-refractivity contribution in [2.75, 3.05) is 39.5 Å². The van der Waals surface area contributed by atoms with Crippen LogP contribution < -0.4 is 4.74 Å². The fourth-order valence-electron chi connectivity index (χ4n) is 1.71. The first-order valence-corrected chi connectivity index (χ1v) is 7.02. The summed E-state index contributed by atoms with van der Waals surface area (Å²) < 4.78 is 5.42. The number of aliphatic hydroxyl groups is 3. The lowest BCUT2D eigenvalue weighted by atomic mass is 10.3. The van der Waals surface area contributed by atoms with E-state index in [0.29, 0.717) is 35.4 Å². The van der Waals surface area contributed by atoms with Crippen LogP contribution in [0.4, 0.5) is 0 Å². The minimum Gasteiger partial charge on any atom is -0.489 e. The lowest BCUT2D eigenvalue weighted by Crippen LogP contribution is -2.38. The third-order valence-corrected chi connectivity index (χ3v) is 3.16. The van der Waals surface area contributed by atoms with E-state index in [0.717, 1.165) is 0 Å². The highest BCUT2D eigenvalue weighted by molar-refractivity contribution is 6.35. The summed E-state index contributed by atoms with van der Waals surface area (Å²) in [6, 6.07) is 4.85. The van der Waals surface area contributed by atoms with Crippen LogP contribution in [0, 0.1) is 0 Å². The van der Waals surface area contributed by atoms with Gasteiger partial charge >= 0.3 is 0 Å². The molecule has 1 atom stereocenters. The zero-order valence-corrected chi connectivity index (χ0v) is 13.7. The number of aliphatic hydroxyl groups excluding tert-OH is 3.